The number of nitrogens with one attached hydrogen (secondary N) is 2. The first-order valence-electron chi connectivity index (χ1n) is 7.15. The number of aryl methyl sites for hydroxylation is 1. The Kier molecular flexibility index (Phi) is 6.76. The van der Waals surface area contributed by atoms with Crippen molar-refractivity contribution >= 4 is 17.5 Å². The molecule has 0 saturated carbocycles. The molecule has 6 heteroatoms. The fraction of sp³-hybridized carbons (Fsp3) is 0.643. The highest BCUT2D eigenvalue weighted by Gasteiger charge is 2.13. The Balaban J connectivity index is 3.03. The lowest BCUT2D eigenvalue weighted by Gasteiger charge is -2.23. The maximum atomic E-state index is 11.6. The van der Waals surface area contributed by atoms with Gasteiger partial charge in [0, 0.05) is 33.1 Å². The molecular weight excluding hydrogens is 254 g/mol. The van der Waals surface area contributed by atoms with Crippen molar-refractivity contribution in [1.29, 1.82) is 0 Å². The molecule has 2 N–H and O–H groups in total. The highest BCUT2D eigenvalue weighted by molar-refractivity contribution is 5.80. The zero-order valence-corrected chi connectivity index (χ0v) is 12.9. The highest BCUT2D eigenvalue weighted by atomic mass is 16.1. The molecule has 0 aliphatic heterocycles. The van der Waals surface area contributed by atoms with Gasteiger partial charge in [-0.2, -0.15) is 0 Å². The Bertz CT molecular complexity index is 436. The van der Waals surface area contributed by atoms with Crippen LogP contribution in [0.5, 0.6) is 0 Å². The molecule has 20 heavy (non-hydrogen) atoms. The number of likely N-dealkylation sites (N-methyl/N-ethyl adjacent to an activating group) is 1. The van der Waals surface area contributed by atoms with Gasteiger partial charge in [-0.15, -0.1) is 0 Å². The Morgan fingerprint density at radius 2 is 2.00 bits per heavy atom. The van der Waals surface area contributed by atoms with Gasteiger partial charge in [0.25, 0.3) is 0 Å². The summed E-state index contributed by atoms with van der Waals surface area (Å²) in [5.41, 5.74) is 0. The third kappa shape index (κ3) is 4.68. The fourth-order valence-electron chi connectivity index (χ4n) is 1.91. The Labute approximate surface area is 121 Å². The van der Waals surface area contributed by atoms with E-state index in [0.29, 0.717) is 6.54 Å². The van der Waals surface area contributed by atoms with Crippen molar-refractivity contribution in [2.75, 3.05) is 37.4 Å². The van der Waals surface area contributed by atoms with E-state index in [0.717, 1.165) is 43.3 Å². The number of carbonyl (C=O) groups is 1. The summed E-state index contributed by atoms with van der Waals surface area (Å²) in [7, 11) is 3.48. The molecule has 1 rings (SSSR count). The van der Waals surface area contributed by atoms with E-state index >= 15 is 0 Å². The average Bonchev–Trinajstić information content (AvgIpc) is 2.46. The topological polar surface area (TPSA) is 70.2 Å². The van der Waals surface area contributed by atoms with Gasteiger partial charge in [-0.3, -0.25) is 4.79 Å². The number of rotatable bonds is 8. The van der Waals surface area contributed by atoms with E-state index in [2.05, 4.69) is 34.4 Å². The number of carbonyl (C=O) groups excluding carboxylic acids is 1. The lowest BCUT2D eigenvalue weighted by molar-refractivity contribution is -0.119. The van der Waals surface area contributed by atoms with Crippen LogP contribution in [0.25, 0.3) is 0 Å². The molecule has 0 atom stereocenters. The van der Waals surface area contributed by atoms with Gasteiger partial charge in [0.05, 0.1) is 6.54 Å². The number of amides is 1. The van der Waals surface area contributed by atoms with Crippen LogP contribution in [0.3, 0.4) is 0 Å². The maximum absolute atomic E-state index is 11.6. The average molecular weight is 279 g/mol. The molecule has 0 aliphatic carbocycles. The standard InChI is InChI=1S/C14H25N5O/c1-5-7-11-17-12(15-3)9-13(18-11)19(8-6-2)10-14(20)16-4/h9H,5-8,10H2,1-4H3,(H,16,20)(H,15,17,18). The van der Waals surface area contributed by atoms with Crippen molar-refractivity contribution < 1.29 is 4.79 Å². The van der Waals surface area contributed by atoms with Crippen molar-refractivity contribution in [3.8, 4) is 0 Å². The molecule has 0 aliphatic rings. The van der Waals surface area contributed by atoms with Crippen LogP contribution in [0.1, 0.15) is 32.5 Å². The van der Waals surface area contributed by atoms with Crippen molar-refractivity contribution in [1.82, 2.24) is 15.3 Å². The van der Waals surface area contributed by atoms with Gasteiger partial charge in [0.2, 0.25) is 5.91 Å². The number of hydrogen-bond donors (Lipinski definition) is 2. The van der Waals surface area contributed by atoms with Crippen LogP contribution in [-0.4, -0.2) is 43.1 Å². The minimum atomic E-state index is -0.0138. The summed E-state index contributed by atoms with van der Waals surface area (Å²) in [4.78, 5) is 22.6. The fourth-order valence-corrected chi connectivity index (χ4v) is 1.91. The number of aromatic nitrogens is 2. The lowest BCUT2D eigenvalue weighted by Crippen LogP contribution is -2.36. The van der Waals surface area contributed by atoms with Gasteiger partial charge < -0.3 is 15.5 Å². The first kappa shape index (κ1) is 16.2. The molecule has 1 aromatic rings. The van der Waals surface area contributed by atoms with E-state index in [1.54, 1.807) is 7.05 Å². The zero-order chi connectivity index (χ0) is 15.0. The molecule has 1 aromatic heterocycles. The summed E-state index contributed by atoms with van der Waals surface area (Å²) in [5.74, 6) is 2.39. The SMILES string of the molecule is CCCc1nc(NC)cc(N(CCC)CC(=O)NC)n1. The van der Waals surface area contributed by atoms with Crippen LogP contribution >= 0.6 is 0 Å². The van der Waals surface area contributed by atoms with E-state index in [1.165, 1.54) is 0 Å². The molecule has 0 radical (unpaired) electrons. The van der Waals surface area contributed by atoms with E-state index < -0.39 is 0 Å². The molecule has 112 valence electrons. The zero-order valence-electron chi connectivity index (χ0n) is 12.9. The Morgan fingerprint density at radius 1 is 1.25 bits per heavy atom. The van der Waals surface area contributed by atoms with Crippen LogP contribution in [0.2, 0.25) is 0 Å². The van der Waals surface area contributed by atoms with Crippen LogP contribution in [-0.2, 0) is 11.2 Å². The second kappa shape index (κ2) is 8.35. The first-order valence-corrected chi connectivity index (χ1v) is 7.15. The lowest BCUT2D eigenvalue weighted by atomic mass is 10.3. The van der Waals surface area contributed by atoms with Gasteiger partial charge in [-0.05, 0) is 12.8 Å². The van der Waals surface area contributed by atoms with Crippen LogP contribution in [0, 0.1) is 0 Å². The minimum absolute atomic E-state index is 0.0138. The predicted molar refractivity (Wildman–Crippen MR) is 82.1 cm³/mol. The minimum Gasteiger partial charge on any atom is -0.373 e. The second-order valence-corrected chi connectivity index (χ2v) is 4.62. The number of nitrogens with zero attached hydrogens (tertiary/aromatic N) is 3. The van der Waals surface area contributed by atoms with Crippen LogP contribution in [0.4, 0.5) is 11.6 Å². The summed E-state index contributed by atoms with van der Waals surface area (Å²) in [6.45, 7) is 5.29. The number of hydrogen-bond acceptors (Lipinski definition) is 5. The van der Waals surface area contributed by atoms with Crippen molar-refractivity contribution in [2.45, 2.75) is 33.1 Å². The summed E-state index contributed by atoms with van der Waals surface area (Å²) < 4.78 is 0. The normalized spacial score (nSPS) is 10.2. The summed E-state index contributed by atoms with van der Waals surface area (Å²) >= 11 is 0. The van der Waals surface area contributed by atoms with Crippen LogP contribution in [0.15, 0.2) is 6.07 Å². The van der Waals surface area contributed by atoms with Crippen LogP contribution < -0.4 is 15.5 Å². The quantitative estimate of drug-likeness (QED) is 0.753. The van der Waals surface area contributed by atoms with E-state index in [4.69, 9.17) is 0 Å². The van der Waals surface area contributed by atoms with Crippen molar-refractivity contribution in [3.05, 3.63) is 11.9 Å². The Morgan fingerprint density at radius 3 is 2.55 bits per heavy atom. The second-order valence-electron chi connectivity index (χ2n) is 4.62. The molecule has 0 unspecified atom stereocenters. The smallest absolute Gasteiger partial charge is 0.239 e. The van der Waals surface area contributed by atoms with E-state index in [9.17, 15) is 4.79 Å². The molecule has 6 nitrogen and oxygen atoms in total. The molecule has 0 aromatic carbocycles. The van der Waals surface area contributed by atoms with Crippen molar-refractivity contribution in [3.63, 3.8) is 0 Å². The molecule has 0 spiro atoms. The molecular formula is C14H25N5O. The van der Waals surface area contributed by atoms with Gasteiger partial charge in [0.1, 0.15) is 17.5 Å². The highest BCUT2D eigenvalue weighted by Crippen LogP contribution is 2.16. The third-order valence-electron chi connectivity index (χ3n) is 2.92. The van der Waals surface area contributed by atoms with Gasteiger partial charge in [-0.25, -0.2) is 9.97 Å². The summed E-state index contributed by atoms with van der Waals surface area (Å²) in [6.07, 6.45) is 2.79. The first-order chi connectivity index (χ1) is 9.64. The van der Waals surface area contributed by atoms with Gasteiger partial charge in [0.15, 0.2) is 0 Å². The largest absolute Gasteiger partial charge is 0.373 e. The van der Waals surface area contributed by atoms with E-state index in [1.807, 2.05) is 18.0 Å². The summed E-state index contributed by atoms with van der Waals surface area (Å²) in [5, 5.41) is 5.70. The van der Waals surface area contributed by atoms with Gasteiger partial charge in [-0.1, -0.05) is 13.8 Å². The predicted octanol–water partition coefficient (Wildman–Crippen LogP) is 1.43. The molecule has 1 amide bonds. The van der Waals surface area contributed by atoms with E-state index in [-0.39, 0.29) is 5.91 Å². The molecule has 0 saturated heterocycles. The summed E-state index contributed by atoms with van der Waals surface area (Å²) in [6, 6.07) is 1.89. The third-order valence-corrected chi connectivity index (χ3v) is 2.92. The monoisotopic (exact) mass is 279 g/mol. The van der Waals surface area contributed by atoms with Crippen molar-refractivity contribution in [2.24, 2.45) is 0 Å². The molecule has 0 bridgehead atoms. The Hall–Kier alpha value is -1.85. The maximum Gasteiger partial charge on any atom is 0.239 e. The number of anilines is 2. The molecule has 1 heterocycles. The molecule has 0 fully saturated rings. The van der Waals surface area contributed by atoms with Gasteiger partial charge >= 0.3 is 0 Å².